The van der Waals surface area contributed by atoms with E-state index >= 15 is 0 Å². The lowest BCUT2D eigenvalue weighted by Gasteiger charge is -2.17. The summed E-state index contributed by atoms with van der Waals surface area (Å²) in [5.74, 6) is 0.726. The number of nitrogens with one attached hydrogen (secondary N) is 1. The van der Waals surface area contributed by atoms with Crippen molar-refractivity contribution in [2.45, 2.75) is 33.1 Å². The van der Waals surface area contributed by atoms with Gasteiger partial charge in [-0.1, -0.05) is 20.8 Å². The van der Waals surface area contributed by atoms with E-state index in [2.05, 4.69) is 16.0 Å². The molecule has 2 rings (SSSR count). The molecule has 90 valence electrons. The van der Waals surface area contributed by atoms with Gasteiger partial charge in [-0.05, 0) is 13.0 Å². The number of aromatic amines is 1. The summed E-state index contributed by atoms with van der Waals surface area (Å²) < 4.78 is 0. The fourth-order valence-electron chi connectivity index (χ4n) is 1.54. The second-order valence-electron chi connectivity index (χ2n) is 5.18. The van der Waals surface area contributed by atoms with Crippen molar-refractivity contribution in [1.82, 2.24) is 9.97 Å². The largest absolute Gasteiger partial charge is 0.310 e. The monoisotopic (exact) mass is 248 g/mol. The topological polar surface area (TPSA) is 45.8 Å². The van der Waals surface area contributed by atoms with Crippen LogP contribution in [0.3, 0.4) is 0 Å². The molecule has 0 bridgehead atoms. The van der Waals surface area contributed by atoms with E-state index in [9.17, 15) is 4.79 Å². The number of aromatic nitrogens is 2. The van der Waals surface area contributed by atoms with E-state index in [0.29, 0.717) is 0 Å². The Morgan fingerprint density at radius 2 is 2.00 bits per heavy atom. The number of hydrogen-bond donors (Lipinski definition) is 1. The summed E-state index contributed by atoms with van der Waals surface area (Å²) >= 11 is 1.67. The maximum absolute atomic E-state index is 11.6. The Kier molecular flexibility index (Phi) is 2.91. The Balaban J connectivity index is 2.57. The highest BCUT2D eigenvalue weighted by Crippen LogP contribution is 2.24. The van der Waals surface area contributed by atoms with Gasteiger partial charge in [0.15, 0.2) is 0 Å². The molecule has 2 aromatic rings. The molecule has 0 aliphatic heterocycles. The number of aryl methyl sites for hydroxylation is 1. The average Bonchev–Trinajstić information content (AvgIpc) is 2.62. The van der Waals surface area contributed by atoms with E-state index in [0.717, 1.165) is 17.1 Å². The Morgan fingerprint density at radius 3 is 2.53 bits per heavy atom. The third-order valence-corrected chi connectivity index (χ3v) is 3.34. The molecule has 3 nitrogen and oxygen atoms in total. The Morgan fingerprint density at radius 1 is 1.29 bits per heavy atom. The summed E-state index contributed by atoms with van der Waals surface area (Å²) in [5.41, 5.74) is 1.52. The summed E-state index contributed by atoms with van der Waals surface area (Å²) in [5, 5.41) is 2.03. The van der Waals surface area contributed by atoms with Gasteiger partial charge in [0.2, 0.25) is 0 Å². The molecule has 0 fully saturated rings. The standard InChI is InChI=1S/C13H16N2OS/c1-8-5-9(7-17-8)10-6-11(16)15-12(14-10)13(2,3)4/h5-7H,1-4H3,(H,14,15,16). The highest BCUT2D eigenvalue weighted by Gasteiger charge is 2.18. The number of hydrogen-bond acceptors (Lipinski definition) is 3. The fraction of sp³-hybridized carbons (Fsp3) is 0.385. The van der Waals surface area contributed by atoms with Crippen LogP contribution < -0.4 is 5.56 Å². The van der Waals surface area contributed by atoms with E-state index in [1.165, 1.54) is 4.88 Å². The molecule has 1 N–H and O–H groups in total. The van der Waals surface area contributed by atoms with Crippen LogP contribution in [-0.2, 0) is 5.41 Å². The zero-order valence-corrected chi connectivity index (χ0v) is 11.3. The van der Waals surface area contributed by atoms with Crippen LogP contribution in [0.2, 0.25) is 0 Å². The predicted octanol–water partition coefficient (Wildman–Crippen LogP) is 3.10. The summed E-state index contributed by atoms with van der Waals surface area (Å²) in [7, 11) is 0. The van der Waals surface area contributed by atoms with Gasteiger partial charge >= 0.3 is 0 Å². The minimum atomic E-state index is -0.153. The van der Waals surface area contributed by atoms with E-state index in [-0.39, 0.29) is 11.0 Å². The minimum absolute atomic E-state index is 0.0937. The first-order chi connectivity index (χ1) is 7.86. The zero-order chi connectivity index (χ0) is 12.6. The molecule has 0 radical (unpaired) electrons. The van der Waals surface area contributed by atoms with Crippen LogP contribution in [0, 0.1) is 6.92 Å². The molecule has 0 saturated heterocycles. The van der Waals surface area contributed by atoms with Crippen molar-refractivity contribution >= 4 is 11.3 Å². The predicted molar refractivity (Wildman–Crippen MR) is 71.6 cm³/mol. The molecule has 0 unspecified atom stereocenters. The van der Waals surface area contributed by atoms with Crippen LogP contribution in [-0.4, -0.2) is 9.97 Å². The summed E-state index contributed by atoms with van der Waals surface area (Å²) in [6.45, 7) is 8.15. The molecule has 0 amide bonds. The van der Waals surface area contributed by atoms with Crippen molar-refractivity contribution in [3.63, 3.8) is 0 Å². The van der Waals surface area contributed by atoms with Gasteiger partial charge in [0.25, 0.3) is 5.56 Å². The molecule has 0 saturated carbocycles. The molecule has 0 aliphatic carbocycles. The Labute approximate surface area is 105 Å². The molecule has 4 heteroatoms. The van der Waals surface area contributed by atoms with Crippen molar-refractivity contribution < 1.29 is 0 Å². The van der Waals surface area contributed by atoms with Crippen molar-refractivity contribution in [2.24, 2.45) is 0 Å². The lowest BCUT2D eigenvalue weighted by molar-refractivity contribution is 0.543. The maximum atomic E-state index is 11.6. The number of rotatable bonds is 1. The molecule has 0 atom stereocenters. The molecule has 0 spiro atoms. The number of H-pyrrole nitrogens is 1. The molecular formula is C13H16N2OS. The normalized spacial score (nSPS) is 11.8. The first-order valence-electron chi connectivity index (χ1n) is 5.53. The number of nitrogens with zero attached hydrogens (tertiary/aromatic N) is 1. The van der Waals surface area contributed by atoms with Crippen molar-refractivity contribution in [3.8, 4) is 11.3 Å². The molecule has 0 aromatic carbocycles. The summed E-state index contributed by atoms with van der Waals surface area (Å²) in [6.07, 6.45) is 0. The molecule has 17 heavy (non-hydrogen) atoms. The van der Waals surface area contributed by atoms with Crippen LogP contribution in [0.15, 0.2) is 22.3 Å². The lowest BCUT2D eigenvalue weighted by atomic mass is 9.95. The third-order valence-electron chi connectivity index (χ3n) is 2.48. The number of thiophene rings is 1. The smallest absolute Gasteiger partial charge is 0.251 e. The van der Waals surface area contributed by atoms with Gasteiger partial charge in [0.05, 0.1) is 5.69 Å². The lowest BCUT2D eigenvalue weighted by Crippen LogP contribution is -2.21. The maximum Gasteiger partial charge on any atom is 0.251 e. The van der Waals surface area contributed by atoms with Crippen LogP contribution in [0.25, 0.3) is 11.3 Å². The van der Waals surface area contributed by atoms with Crippen molar-refractivity contribution in [2.75, 3.05) is 0 Å². The van der Waals surface area contributed by atoms with E-state index < -0.39 is 0 Å². The van der Waals surface area contributed by atoms with Gasteiger partial charge in [0.1, 0.15) is 5.82 Å². The molecular weight excluding hydrogens is 232 g/mol. The zero-order valence-electron chi connectivity index (χ0n) is 10.5. The van der Waals surface area contributed by atoms with E-state index in [1.807, 2.05) is 33.1 Å². The third kappa shape index (κ3) is 2.64. The molecule has 2 heterocycles. The van der Waals surface area contributed by atoms with Crippen LogP contribution >= 0.6 is 11.3 Å². The van der Waals surface area contributed by atoms with E-state index in [1.54, 1.807) is 17.4 Å². The Hall–Kier alpha value is -1.42. The first-order valence-corrected chi connectivity index (χ1v) is 6.41. The summed E-state index contributed by atoms with van der Waals surface area (Å²) in [6, 6.07) is 3.61. The van der Waals surface area contributed by atoms with Crippen LogP contribution in [0.1, 0.15) is 31.5 Å². The van der Waals surface area contributed by atoms with Crippen molar-refractivity contribution in [1.29, 1.82) is 0 Å². The SMILES string of the molecule is Cc1cc(-c2cc(=O)[nH]c(C(C)(C)C)n2)cs1. The van der Waals surface area contributed by atoms with Crippen LogP contribution in [0.4, 0.5) is 0 Å². The van der Waals surface area contributed by atoms with Gasteiger partial charge < -0.3 is 4.98 Å². The highest BCUT2D eigenvalue weighted by atomic mass is 32.1. The van der Waals surface area contributed by atoms with Gasteiger partial charge in [-0.2, -0.15) is 0 Å². The summed E-state index contributed by atoms with van der Waals surface area (Å²) in [4.78, 5) is 20.2. The van der Waals surface area contributed by atoms with E-state index in [4.69, 9.17) is 0 Å². The fourth-order valence-corrected chi connectivity index (χ4v) is 2.24. The van der Waals surface area contributed by atoms with Crippen LogP contribution in [0.5, 0.6) is 0 Å². The van der Waals surface area contributed by atoms with Gasteiger partial charge in [-0.25, -0.2) is 4.98 Å². The van der Waals surface area contributed by atoms with Crippen molar-refractivity contribution in [3.05, 3.63) is 38.6 Å². The minimum Gasteiger partial charge on any atom is -0.310 e. The van der Waals surface area contributed by atoms with Gasteiger partial charge in [-0.3, -0.25) is 4.79 Å². The van der Waals surface area contributed by atoms with Gasteiger partial charge in [-0.15, -0.1) is 11.3 Å². The quantitative estimate of drug-likeness (QED) is 0.843. The van der Waals surface area contributed by atoms with Gasteiger partial charge in [0, 0.05) is 27.3 Å². The molecule has 2 aromatic heterocycles. The Bertz CT molecular complexity index is 590. The molecule has 0 aliphatic rings. The second-order valence-corrected chi connectivity index (χ2v) is 6.29. The average molecular weight is 248 g/mol. The second kappa shape index (κ2) is 4.11. The first kappa shape index (κ1) is 12.0. The highest BCUT2D eigenvalue weighted by molar-refractivity contribution is 7.10.